The van der Waals surface area contributed by atoms with E-state index in [1.54, 1.807) is 29.3 Å². The molecule has 0 spiro atoms. The summed E-state index contributed by atoms with van der Waals surface area (Å²) in [5, 5.41) is 9.84. The lowest BCUT2D eigenvalue weighted by Gasteiger charge is -2.30. The van der Waals surface area contributed by atoms with Crippen LogP contribution in [0.15, 0.2) is 30.5 Å². The van der Waals surface area contributed by atoms with Crippen molar-refractivity contribution in [3.63, 3.8) is 0 Å². The number of rotatable bonds is 4. The maximum Gasteiger partial charge on any atom is 0.306 e. The minimum absolute atomic E-state index is 0.0834. The quantitative estimate of drug-likeness (QED) is 0.933. The van der Waals surface area contributed by atoms with E-state index in [2.05, 4.69) is 4.98 Å². The topological polar surface area (TPSA) is 79.7 Å². The summed E-state index contributed by atoms with van der Waals surface area (Å²) in [4.78, 5) is 30.0. The van der Waals surface area contributed by atoms with E-state index in [9.17, 15) is 9.59 Å². The zero-order valence-corrected chi connectivity index (χ0v) is 13.6. The minimum atomic E-state index is -0.780. The summed E-state index contributed by atoms with van der Waals surface area (Å²) in [5.41, 5.74) is 1.25. The van der Waals surface area contributed by atoms with Gasteiger partial charge in [0.15, 0.2) is 0 Å². The molecule has 3 rings (SSSR count). The second kappa shape index (κ2) is 6.86. The van der Waals surface area contributed by atoms with Crippen LogP contribution < -0.4 is 4.74 Å². The van der Waals surface area contributed by atoms with Gasteiger partial charge in [-0.15, -0.1) is 0 Å². The lowest BCUT2D eigenvalue weighted by molar-refractivity contribution is -0.143. The van der Waals surface area contributed by atoms with Crippen LogP contribution in [0.25, 0.3) is 10.9 Å². The molecule has 0 saturated carbocycles. The Morgan fingerprint density at radius 2 is 2.04 bits per heavy atom. The molecule has 1 amide bonds. The number of aliphatic carboxylic acids is 1. The monoisotopic (exact) mass is 328 g/mol. The van der Waals surface area contributed by atoms with Crippen molar-refractivity contribution >= 4 is 22.8 Å². The molecule has 1 aliphatic rings. The number of carboxylic acid groups (broad SMARTS) is 1. The van der Waals surface area contributed by atoms with Gasteiger partial charge in [-0.25, -0.2) is 0 Å². The Morgan fingerprint density at radius 3 is 2.71 bits per heavy atom. The SMILES string of the molecule is CCOc1ccc(C(=O)N2CCC(C(=O)O)CC2)c2cccnc12. The second-order valence-corrected chi connectivity index (χ2v) is 5.85. The molecule has 1 aromatic carbocycles. The van der Waals surface area contributed by atoms with Crippen LogP contribution in [-0.2, 0) is 4.79 Å². The fourth-order valence-corrected chi connectivity index (χ4v) is 3.11. The molecule has 1 fully saturated rings. The highest BCUT2D eigenvalue weighted by Crippen LogP contribution is 2.28. The van der Waals surface area contributed by atoms with E-state index < -0.39 is 5.97 Å². The predicted molar refractivity (Wildman–Crippen MR) is 89.2 cm³/mol. The molecule has 1 aliphatic heterocycles. The third-order valence-electron chi connectivity index (χ3n) is 4.39. The van der Waals surface area contributed by atoms with Gasteiger partial charge in [0, 0.05) is 30.2 Å². The maximum atomic E-state index is 12.9. The largest absolute Gasteiger partial charge is 0.492 e. The lowest BCUT2D eigenvalue weighted by Crippen LogP contribution is -2.40. The molecule has 0 atom stereocenters. The fraction of sp³-hybridized carbons (Fsp3) is 0.389. The number of ether oxygens (including phenoxy) is 1. The van der Waals surface area contributed by atoms with Crippen LogP contribution in [-0.4, -0.2) is 46.6 Å². The maximum absolute atomic E-state index is 12.9. The van der Waals surface area contributed by atoms with E-state index in [1.807, 2.05) is 13.0 Å². The van der Waals surface area contributed by atoms with Gasteiger partial charge in [0.2, 0.25) is 0 Å². The van der Waals surface area contributed by atoms with E-state index in [0.717, 1.165) is 5.39 Å². The predicted octanol–water partition coefficient (Wildman–Crippen LogP) is 2.57. The molecule has 0 bridgehead atoms. The number of fused-ring (bicyclic) bond motifs is 1. The Morgan fingerprint density at radius 1 is 1.29 bits per heavy atom. The van der Waals surface area contributed by atoms with Gasteiger partial charge < -0.3 is 14.7 Å². The highest BCUT2D eigenvalue weighted by molar-refractivity contribution is 6.07. The lowest BCUT2D eigenvalue weighted by atomic mass is 9.96. The number of carbonyl (C=O) groups excluding carboxylic acids is 1. The first-order valence-electron chi connectivity index (χ1n) is 8.14. The third kappa shape index (κ3) is 3.04. The van der Waals surface area contributed by atoms with Gasteiger partial charge in [0.1, 0.15) is 11.3 Å². The zero-order valence-electron chi connectivity index (χ0n) is 13.6. The molecule has 126 valence electrons. The molecular weight excluding hydrogens is 308 g/mol. The molecule has 24 heavy (non-hydrogen) atoms. The van der Waals surface area contributed by atoms with Crippen molar-refractivity contribution in [2.75, 3.05) is 19.7 Å². The number of piperidine rings is 1. The molecule has 0 radical (unpaired) electrons. The van der Waals surface area contributed by atoms with Crippen molar-refractivity contribution in [2.24, 2.45) is 5.92 Å². The summed E-state index contributed by atoms with van der Waals surface area (Å²) >= 11 is 0. The van der Waals surface area contributed by atoms with Crippen LogP contribution in [0.2, 0.25) is 0 Å². The van der Waals surface area contributed by atoms with Crippen LogP contribution in [0.3, 0.4) is 0 Å². The number of aromatic nitrogens is 1. The number of amides is 1. The summed E-state index contributed by atoms with van der Waals surface area (Å²) < 4.78 is 5.59. The number of benzene rings is 1. The molecule has 0 unspecified atom stereocenters. The van der Waals surface area contributed by atoms with Crippen LogP contribution in [0.5, 0.6) is 5.75 Å². The van der Waals surface area contributed by atoms with Gasteiger partial charge >= 0.3 is 5.97 Å². The van der Waals surface area contributed by atoms with E-state index in [0.29, 0.717) is 49.4 Å². The number of likely N-dealkylation sites (tertiary alicyclic amines) is 1. The van der Waals surface area contributed by atoms with Crippen molar-refractivity contribution in [3.05, 3.63) is 36.0 Å². The van der Waals surface area contributed by atoms with Gasteiger partial charge in [-0.05, 0) is 38.0 Å². The Bertz CT molecular complexity index is 767. The van der Waals surface area contributed by atoms with Gasteiger partial charge in [0.25, 0.3) is 5.91 Å². The Hall–Kier alpha value is -2.63. The minimum Gasteiger partial charge on any atom is -0.492 e. The standard InChI is InChI=1S/C18H20N2O4/c1-2-24-15-6-5-14(13-4-3-9-19-16(13)15)17(21)20-10-7-12(8-11-20)18(22)23/h3-6,9,12H,2,7-8,10-11H2,1H3,(H,22,23). The molecule has 0 aliphatic carbocycles. The smallest absolute Gasteiger partial charge is 0.306 e. The van der Waals surface area contributed by atoms with E-state index >= 15 is 0 Å². The zero-order chi connectivity index (χ0) is 17.1. The van der Waals surface area contributed by atoms with Crippen LogP contribution in [0, 0.1) is 5.92 Å². The van der Waals surface area contributed by atoms with Crippen molar-refractivity contribution in [3.8, 4) is 5.75 Å². The van der Waals surface area contributed by atoms with Gasteiger partial charge in [0.05, 0.1) is 12.5 Å². The molecule has 1 N–H and O–H groups in total. The number of carboxylic acids is 1. The van der Waals surface area contributed by atoms with Crippen LogP contribution >= 0.6 is 0 Å². The number of hydrogen-bond acceptors (Lipinski definition) is 4. The molecule has 1 saturated heterocycles. The third-order valence-corrected chi connectivity index (χ3v) is 4.39. The van der Waals surface area contributed by atoms with E-state index in [4.69, 9.17) is 9.84 Å². The average molecular weight is 328 g/mol. The van der Waals surface area contributed by atoms with Crippen LogP contribution in [0.4, 0.5) is 0 Å². The molecule has 6 heteroatoms. The Labute approximate surface area is 140 Å². The summed E-state index contributed by atoms with van der Waals surface area (Å²) in [7, 11) is 0. The fourth-order valence-electron chi connectivity index (χ4n) is 3.11. The summed E-state index contributed by atoms with van der Waals surface area (Å²) in [6.45, 7) is 3.36. The summed E-state index contributed by atoms with van der Waals surface area (Å²) in [5.74, 6) is -0.556. The van der Waals surface area contributed by atoms with Gasteiger partial charge in [-0.2, -0.15) is 0 Å². The second-order valence-electron chi connectivity index (χ2n) is 5.85. The number of hydrogen-bond donors (Lipinski definition) is 1. The number of pyridine rings is 1. The molecule has 6 nitrogen and oxygen atoms in total. The van der Waals surface area contributed by atoms with Crippen LogP contribution in [0.1, 0.15) is 30.1 Å². The van der Waals surface area contributed by atoms with Crippen molar-refractivity contribution in [2.45, 2.75) is 19.8 Å². The first-order chi connectivity index (χ1) is 11.6. The highest BCUT2D eigenvalue weighted by atomic mass is 16.5. The van der Waals surface area contributed by atoms with Gasteiger partial charge in [-0.3, -0.25) is 14.6 Å². The van der Waals surface area contributed by atoms with E-state index in [1.165, 1.54) is 0 Å². The first kappa shape index (κ1) is 16.2. The number of nitrogens with zero attached hydrogens (tertiary/aromatic N) is 2. The Kier molecular flexibility index (Phi) is 4.64. The first-order valence-corrected chi connectivity index (χ1v) is 8.14. The average Bonchev–Trinajstić information content (AvgIpc) is 2.62. The van der Waals surface area contributed by atoms with Crippen molar-refractivity contribution in [1.29, 1.82) is 0 Å². The molecule has 2 heterocycles. The number of carbonyl (C=O) groups is 2. The summed E-state index contributed by atoms with van der Waals surface area (Å²) in [6.07, 6.45) is 2.67. The molecular formula is C18H20N2O4. The van der Waals surface area contributed by atoms with E-state index in [-0.39, 0.29) is 11.8 Å². The highest BCUT2D eigenvalue weighted by Gasteiger charge is 2.28. The molecule has 1 aromatic heterocycles. The van der Waals surface area contributed by atoms with Crippen molar-refractivity contribution < 1.29 is 19.4 Å². The van der Waals surface area contributed by atoms with Gasteiger partial charge in [-0.1, -0.05) is 6.07 Å². The molecule has 2 aromatic rings. The normalized spacial score (nSPS) is 15.5. The summed E-state index contributed by atoms with van der Waals surface area (Å²) in [6, 6.07) is 7.20. The Balaban J connectivity index is 1.88. The van der Waals surface area contributed by atoms with Crippen molar-refractivity contribution in [1.82, 2.24) is 9.88 Å².